The molecule has 0 bridgehead atoms. The van der Waals surface area contributed by atoms with Crippen LogP contribution in [-0.4, -0.2) is 21.1 Å². The fourth-order valence-corrected chi connectivity index (χ4v) is 3.37. The number of hydrogen-bond acceptors (Lipinski definition) is 4. The molecule has 1 aliphatic carbocycles. The normalized spacial score (nSPS) is 13.6. The molecule has 0 saturated heterocycles. The van der Waals surface area contributed by atoms with Gasteiger partial charge in [-0.1, -0.05) is 0 Å². The van der Waals surface area contributed by atoms with E-state index < -0.39 is 0 Å². The van der Waals surface area contributed by atoms with Crippen molar-refractivity contribution >= 4 is 17.2 Å². The van der Waals surface area contributed by atoms with Gasteiger partial charge in [0, 0.05) is 9.75 Å². The number of nitrogens with zero attached hydrogens (tertiary/aromatic N) is 2. The summed E-state index contributed by atoms with van der Waals surface area (Å²) in [5.74, 6) is 0.625. The maximum absolute atomic E-state index is 11.8. The lowest BCUT2D eigenvalue weighted by Crippen LogP contribution is -2.23. The Balaban J connectivity index is 1.62. The van der Waals surface area contributed by atoms with Gasteiger partial charge in [-0.3, -0.25) is 9.89 Å². The van der Waals surface area contributed by atoms with Crippen LogP contribution in [0, 0.1) is 6.92 Å². The molecule has 0 spiro atoms. The Morgan fingerprint density at radius 1 is 1.56 bits per heavy atom. The van der Waals surface area contributed by atoms with Crippen LogP contribution in [0.5, 0.6) is 0 Å². The number of carbonyl (C=O) groups is 1. The first-order valence-corrected chi connectivity index (χ1v) is 6.81. The van der Waals surface area contributed by atoms with E-state index in [2.05, 4.69) is 26.6 Å². The molecule has 5 nitrogen and oxygen atoms in total. The summed E-state index contributed by atoms with van der Waals surface area (Å²) < 4.78 is 0. The van der Waals surface area contributed by atoms with Crippen LogP contribution in [0.4, 0.5) is 0 Å². The van der Waals surface area contributed by atoms with E-state index in [-0.39, 0.29) is 11.7 Å². The lowest BCUT2D eigenvalue weighted by molar-refractivity contribution is 0.0941. The monoisotopic (exact) mass is 262 g/mol. The summed E-state index contributed by atoms with van der Waals surface area (Å²) in [6.07, 6.45) is 3.64. The zero-order valence-corrected chi connectivity index (χ0v) is 10.9. The third-order valence-electron chi connectivity index (χ3n) is 3.02. The van der Waals surface area contributed by atoms with Crippen LogP contribution in [-0.2, 0) is 19.4 Å². The molecule has 1 amide bonds. The first-order valence-electron chi connectivity index (χ1n) is 6.00. The SMILES string of the molecule is Cc1nc(C(=O)NCc2cc3c(s2)CCC3)n[nH]1. The Kier molecular flexibility index (Phi) is 2.87. The topological polar surface area (TPSA) is 70.7 Å². The van der Waals surface area contributed by atoms with Crippen LogP contribution in [0.15, 0.2) is 6.07 Å². The van der Waals surface area contributed by atoms with Crippen molar-refractivity contribution in [2.75, 3.05) is 0 Å². The second-order valence-corrected chi connectivity index (χ2v) is 5.66. The summed E-state index contributed by atoms with van der Waals surface area (Å²) in [5, 5.41) is 9.34. The molecule has 2 aromatic rings. The standard InChI is InChI=1S/C12H14N4OS/c1-7-14-11(16-15-7)12(17)13-6-9-5-8-3-2-4-10(8)18-9/h5H,2-4,6H2,1H3,(H,13,17)(H,14,15,16). The Bertz CT molecular complexity index is 565. The quantitative estimate of drug-likeness (QED) is 0.882. The number of aryl methyl sites for hydroxylation is 3. The molecular weight excluding hydrogens is 248 g/mol. The highest BCUT2D eigenvalue weighted by molar-refractivity contribution is 7.12. The van der Waals surface area contributed by atoms with Gasteiger partial charge in [0.2, 0.25) is 5.82 Å². The predicted octanol–water partition coefficient (Wildman–Crippen LogP) is 1.59. The van der Waals surface area contributed by atoms with Gasteiger partial charge in [0.15, 0.2) is 0 Å². The Morgan fingerprint density at radius 2 is 2.44 bits per heavy atom. The third kappa shape index (κ3) is 2.15. The lowest BCUT2D eigenvalue weighted by atomic mass is 10.2. The van der Waals surface area contributed by atoms with Gasteiger partial charge in [0.1, 0.15) is 5.82 Å². The molecule has 0 atom stereocenters. The Labute approximate surface area is 109 Å². The molecular formula is C12H14N4OS. The van der Waals surface area contributed by atoms with Crippen LogP contribution < -0.4 is 5.32 Å². The highest BCUT2D eigenvalue weighted by atomic mass is 32.1. The van der Waals surface area contributed by atoms with Crippen molar-refractivity contribution in [1.82, 2.24) is 20.5 Å². The summed E-state index contributed by atoms with van der Waals surface area (Å²) in [6, 6.07) is 2.20. The van der Waals surface area contributed by atoms with Crippen molar-refractivity contribution in [3.63, 3.8) is 0 Å². The van der Waals surface area contributed by atoms with Gasteiger partial charge in [-0.25, -0.2) is 4.98 Å². The summed E-state index contributed by atoms with van der Waals surface area (Å²) >= 11 is 1.80. The van der Waals surface area contributed by atoms with E-state index in [0.717, 1.165) is 0 Å². The van der Waals surface area contributed by atoms with Crippen LogP contribution in [0.1, 0.15) is 38.2 Å². The molecule has 0 saturated carbocycles. The lowest BCUT2D eigenvalue weighted by Gasteiger charge is -1.99. The van der Waals surface area contributed by atoms with Gasteiger partial charge in [0.05, 0.1) is 6.54 Å². The Morgan fingerprint density at radius 3 is 3.17 bits per heavy atom. The van der Waals surface area contributed by atoms with Gasteiger partial charge in [-0.05, 0) is 37.8 Å². The first kappa shape index (κ1) is 11.4. The van der Waals surface area contributed by atoms with E-state index in [1.165, 1.54) is 34.6 Å². The predicted molar refractivity (Wildman–Crippen MR) is 68.6 cm³/mol. The maximum atomic E-state index is 11.8. The minimum atomic E-state index is -0.229. The highest BCUT2D eigenvalue weighted by Crippen LogP contribution is 2.30. The summed E-state index contributed by atoms with van der Waals surface area (Å²) in [4.78, 5) is 18.4. The fraction of sp³-hybridized carbons (Fsp3) is 0.417. The van der Waals surface area contributed by atoms with Crippen molar-refractivity contribution < 1.29 is 4.79 Å². The first-order chi connectivity index (χ1) is 8.72. The maximum Gasteiger partial charge on any atom is 0.291 e. The molecule has 2 heterocycles. The number of aromatic nitrogens is 3. The van der Waals surface area contributed by atoms with Crippen molar-refractivity contribution in [2.24, 2.45) is 0 Å². The zero-order chi connectivity index (χ0) is 12.5. The fourth-order valence-electron chi connectivity index (χ4n) is 2.17. The van der Waals surface area contributed by atoms with E-state index in [9.17, 15) is 4.79 Å². The van der Waals surface area contributed by atoms with Crippen LogP contribution in [0.3, 0.4) is 0 Å². The number of amides is 1. The molecule has 0 unspecified atom stereocenters. The summed E-state index contributed by atoms with van der Waals surface area (Å²) in [5.41, 5.74) is 1.46. The van der Waals surface area contributed by atoms with Crippen LogP contribution in [0.25, 0.3) is 0 Å². The largest absolute Gasteiger partial charge is 0.344 e. The third-order valence-corrected chi connectivity index (χ3v) is 4.26. The minimum Gasteiger partial charge on any atom is -0.344 e. The van der Waals surface area contributed by atoms with Crippen molar-refractivity contribution in [3.05, 3.63) is 33.0 Å². The molecule has 0 fully saturated rings. The van der Waals surface area contributed by atoms with Gasteiger partial charge >= 0.3 is 0 Å². The molecule has 18 heavy (non-hydrogen) atoms. The molecule has 6 heteroatoms. The van der Waals surface area contributed by atoms with Crippen LogP contribution in [0.2, 0.25) is 0 Å². The summed E-state index contributed by atoms with van der Waals surface area (Å²) in [6.45, 7) is 2.33. The molecule has 1 aliphatic rings. The molecule has 2 aromatic heterocycles. The molecule has 0 aromatic carbocycles. The molecule has 94 valence electrons. The number of thiophene rings is 1. The van der Waals surface area contributed by atoms with Gasteiger partial charge in [0.25, 0.3) is 5.91 Å². The van der Waals surface area contributed by atoms with Crippen molar-refractivity contribution in [1.29, 1.82) is 0 Å². The zero-order valence-electron chi connectivity index (χ0n) is 10.1. The minimum absolute atomic E-state index is 0.205. The molecule has 2 N–H and O–H groups in total. The number of aromatic amines is 1. The molecule has 0 aliphatic heterocycles. The van der Waals surface area contributed by atoms with E-state index in [4.69, 9.17) is 0 Å². The van der Waals surface area contributed by atoms with E-state index in [0.29, 0.717) is 12.4 Å². The number of hydrogen-bond donors (Lipinski definition) is 2. The second-order valence-electron chi connectivity index (χ2n) is 4.44. The van der Waals surface area contributed by atoms with Gasteiger partial charge in [-0.2, -0.15) is 0 Å². The van der Waals surface area contributed by atoms with Gasteiger partial charge in [-0.15, -0.1) is 16.4 Å². The average Bonchev–Trinajstić information content (AvgIpc) is 3.00. The van der Waals surface area contributed by atoms with E-state index in [1.54, 1.807) is 18.3 Å². The number of H-pyrrole nitrogens is 1. The van der Waals surface area contributed by atoms with Crippen molar-refractivity contribution in [2.45, 2.75) is 32.7 Å². The second kappa shape index (κ2) is 4.53. The number of nitrogens with one attached hydrogen (secondary N) is 2. The van der Waals surface area contributed by atoms with Crippen LogP contribution >= 0.6 is 11.3 Å². The number of rotatable bonds is 3. The number of carbonyl (C=O) groups excluding carboxylic acids is 1. The summed E-state index contributed by atoms with van der Waals surface area (Å²) in [7, 11) is 0. The van der Waals surface area contributed by atoms with E-state index in [1.807, 2.05) is 0 Å². The van der Waals surface area contributed by atoms with Gasteiger partial charge < -0.3 is 5.32 Å². The molecule has 3 rings (SSSR count). The molecule has 0 radical (unpaired) electrons. The van der Waals surface area contributed by atoms with E-state index >= 15 is 0 Å². The Hall–Kier alpha value is -1.69. The highest BCUT2D eigenvalue weighted by Gasteiger charge is 2.16. The average molecular weight is 262 g/mol. The van der Waals surface area contributed by atoms with Crippen molar-refractivity contribution in [3.8, 4) is 0 Å². The smallest absolute Gasteiger partial charge is 0.291 e. The number of fused-ring (bicyclic) bond motifs is 1.